The fourth-order valence-corrected chi connectivity index (χ4v) is 0.713. The number of ether oxygens (including phenoxy) is 1. The summed E-state index contributed by atoms with van der Waals surface area (Å²) in [7, 11) is 0. The van der Waals surface area contributed by atoms with Crippen molar-refractivity contribution < 1.29 is 19.4 Å². The smallest absolute Gasteiger partial charge is 0.409 e. The van der Waals surface area contributed by atoms with Gasteiger partial charge in [-0.1, -0.05) is 6.58 Å². The highest BCUT2D eigenvalue weighted by Crippen LogP contribution is 2.00. The Labute approximate surface area is 76.6 Å². The molecule has 0 aliphatic carbocycles. The van der Waals surface area contributed by atoms with E-state index in [9.17, 15) is 9.59 Å². The van der Waals surface area contributed by atoms with Gasteiger partial charge in [0.1, 0.15) is 6.61 Å². The maximum Gasteiger partial charge on any atom is 0.409 e. The summed E-state index contributed by atoms with van der Waals surface area (Å²) in [4.78, 5) is 21.4. The summed E-state index contributed by atoms with van der Waals surface area (Å²) in [5.74, 6) is -0.981. The highest BCUT2D eigenvalue weighted by molar-refractivity contribution is 5.78. The maximum atomic E-state index is 10.5. The van der Waals surface area contributed by atoms with Gasteiger partial charge in [-0.25, -0.2) is 9.59 Å². The molecule has 0 bridgehead atoms. The minimum Gasteiger partial charge on any atom is -0.478 e. The zero-order valence-electron chi connectivity index (χ0n) is 7.52. The van der Waals surface area contributed by atoms with Crippen molar-refractivity contribution in [1.29, 1.82) is 0 Å². The number of likely N-dealkylation sites (N-methyl/N-ethyl adjacent to an activating group) is 1. The van der Waals surface area contributed by atoms with Crippen LogP contribution < -0.4 is 0 Å². The Morgan fingerprint density at radius 3 is 2.54 bits per heavy atom. The molecule has 1 rings (SSSR count). The lowest BCUT2D eigenvalue weighted by Gasteiger charge is -2.05. The fourth-order valence-electron chi connectivity index (χ4n) is 0.713. The number of carboxylic acid groups (broad SMARTS) is 1. The molecule has 0 aromatic heterocycles. The number of amides is 1. The molecule has 13 heavy (non-hydrogen) atoms. The van der Waals surface area contributed by atoms with Gasteiger partial charge in [0, 0.05) is 12.6 Å². The van der Waals surface area contributed by atoms with Crippen molar-refractivity contribution in [3.63, 3.8) is 0 Å². The van der Waals surface area contributed by atoms with E-state index in [0.717, 1.165) is 19.2 Å². The van der Waals surface area contributed by atoms with Crippen molar-refractivity contribution in [3.8, 4) is 0 Å². The van der Waals surface area contributed by atoms with Crippen LogP contribution in [0.4, 0.5) is 4.79 Å². The first kappa shape index (κ1) is 11.5. The largest absolute Gasteiger partial charge is 0.478 e. The van der Waals surface area contributed by atoms with Crippen molar-refractivity contribution in [2.75, 3.05) is 19.7 Å². The molecule has 5 nitrogen and oxygen atoms in total. The van der Waals surface area contributed by atoms with Gasteiger partial charge in [0.15, 0.2) is 0 Å². The second kappa shape index (κ2) is 6.05. The average Bonchev–Trinajstić information content (AvgIpc) is 2.52. The van der Waals surface area contributed by atoms with Crippen molar-refractivity contribution >= 4 is 12.1 Å². The lowest BCUT2D eigenvalue weighted by atomic mass is 10.6. The predicted molar refractivity (Wildman–Crippen MR) is 46.4 cm³/mol. The van der Waals surface area contributed by atoms with Crippen molar-refractivity contribution in [2.24, 2.45) is 0 Å². The van der Waals surface area contributed by atoms with Crippen molar-refractivity contribution in [2.45, 2.75) is 6.92 Å². The summed E-state index contributed by atoms with van der Waals surface area (Å²) in [6, 6.07) is 0. The number of carbonyl (C=O) groups is 2. The van der Waals surface area contributed by atoms with Crippen LogP contribution in [-0.4, -0.2) is 41.8 Å². The summed E-state index contributed by atoms with van der Waals surface area (Å²) in [5.41, 5.74) is 0. The Morgan fingerprint density at radius 2 is 2.38 bits per heavy atom. The molecule has 0 radical (unpaired) electrons. The molecule has 0 aromatic carbocycles. The first-order valence-corrected chi connectivity index (χ1v) is 3.88. The monoisotopic (exact) mass is 187 g/mol. The number of carboxylic acids is 1. The Bertz CT molecular complexity index is 202. The number of aliphatic carboxylic acids is 1. The quantitative estimate of drug-likeness (QED) is 0.646. The van der Waals surface area contributed by atoms with Gasteiger partial charge < -0.3 is 14.7 Å². The van der Waals surface area contributed by atoms with E-state index in [1.807, 2.05) is 6.92 Å². The summed E-state index contributed by atoms with van der Waals surface area (Å²) in [6.45, 7) is 6.98. The highest BCUT2D eigenvalue weighted by Gasteiger charge is 2.18. The minimum atomic E-state index is -0.981. The Balaban J connectivity index is 0.000000252. The minimum absolute atomic E-state index is 0.174. The standard InChI is InChI=1S/C5H9NO2.C3H4O2/c1-2-6-3-4-8-5(6)7;1-2-3(4)5/h2-4H2,1H3;2H,1H2,(H,4,5). The third-order valence-electron chi connectivity index (χ3n) is 1.40. The maximum absolute atomic E-state index is 10.5. The molecule has 1 amide bonds. The highest BCUT2D eigenvalue weighted by atomic mass is 16.6. The van der Waals surface area contributed by atoms with Crippen LogP contribution in [0, 0.1) is 0 Å². The lowest BCUT2D eigenvalue weighted by Crippen LogP contribution is -2.23. The molecule has 0 unspecified atom stereocenters. The summed E-state index contributed by atoms with van der Waals surface area (Å²) >= 11 is 0. The molecular formula is C8H13NO4. The van der Waals surface area contributed by atoms with E-state index >= 15 is 0 Å². The molecule has 1 N–H and O–H groups in total. The number of rotatable bonds is 2. The average molecular weight is 187 g/mol. The summed E-state index contributed by atoms with van der Waals surface area (Å²) in [6.07, 6.45) is 0.660. The van der Waals surface area contributed by atoms with Gasteiger partial charge in [0.05, 0.1) is 6.54 Å². The molecule has 0 atom stereocenters. The van der Waals surface area contributed by atoms with Crippen LogP contribution in [-0.2, 0) is 9.53 Å². The SMILES string of the molecule is C=CC(=O)O.CCN1CCOC1=O. The van der Waals surface area contributed by atoms with Crippen LogP contribution in [0.15, 0.2) is 12.7 Å². The van der Waals surface area contributed by atoms with E-state index in [0.29, 0.717) is 6.61 Å². The number of hydrogen-bond acceptors (Lipinski definition) is 3. The fraction of sp³-hybridized carbons (Fsp3) is 0.500. The van der Waals surface area contributed by atoms with Crippen LogP contribution in [0.3, 0.4) is 0 Å². The Hall–Kier alpha value is -1.52. The molecule has 74 valence electrons. The normalized spacial score (nSPS) is 14.2. The van der Waals surface area contributed by atoms with Crippen LogP contribution in [0.2, 0.25) is 0 Å². The zero-order chi connectivity index (χ0) is 10.3. The van der Waals surface area contributed by atoms with Crippen LogP contribution in [0.5, 0.6) is 0 Å². The van der Waals surface area contributed by atoms with Gasteiger partial charge in [0.2, 0.25) is 0 Å². The third-order valence-corrected chi connectivity index (χ3v) is 1.40. The number of nitrogens with zero attached hydrogens (tertiary/aromatic N) is 1. The second-order valence-electron chi connectivity index (χ2n) is 2.24. The number of carbonyl (C=O) groups excluding carboxylic acids is 1. The van der Waals surface area contributed by atoms with E-state index in [-0.39, 0.29) is 6.09 Å². The molecule has 1 aliphatic heterocycles. The topological polar surface area (TPSA) is 66.8 Å². The van der Waals surface area contributed by atoms with E-state index in [1.54, 1.807) is 4.90 Å². The summed E-state index contributed by atoms with van der Waals surface area (Å²) in [5, 5.41) is 7.60. The molecule has 0 saturated carbocycles. The van der Waals surface area contributed by atoms with Gasteiger partial charge in [-0.05, 0) is 6.92 Å². The van der Waals surface area contributed by atoms with Crippen molar-refractivity contribution in [3.05, 3.63) is 12.7 Å². The van der Waals surface area contributed by atoms with E-state index in [1.165, 1.54) is 0 Å². The van der Waals surface area contributed by atoms with E-state index < -0.39 is 5.97 Å². The Kier molecular flexibility index (Phi) is 5.34. The number of cyclic esters (lactones) is 1. The van der Waals surface area contributed by atoms with Crippen LogP contribution in [0.1, 0.15) is 6.92 Å². The van der Waals surface area contributed by atoms with Gasteiger partial charge in [-0.15, -0.1) is 0 Å². The third kappa shape index (κ3) is 4.84. The Morgan fingerprint density at radius 1 is 1.85 bits per heavy atom. The van der Waals surface area contributed by atoms with Crippen molar-refractivity contribution in [1.82, 2.24) is 4.90 Å². The predicted octanol–water partition coefficient (Wildman–Crippen LogP) is 0.716. The lowest BCUT2D eigenvalue weighted by molar-refractivity contribution is -0.131. The van der Waals surface area contributed by atoms with Gasteiger partial charge >= 0.3 is 12.1 Å². The van der Waals surface area contributed by atoms with Crippen LogP contribution in [0.25, 0.3) is 0 Å². The van der Waals surface area contributed by atoms with Gasteiger partial charge in [0.25, 0.3) is 0 Å². The molecule has 1 aliphatic rings. The molecule has 0 aromatic rings. The molecular weight excluding hydrogens is 174 g/mol. The molecule has 1 heterocycles. The van der Waals surface area contributed by atoms with Gasteiger partial charge in [-0.2, -0.15) is 0 Å². The second-order valence-corrected chi connectivity index (χ2v) is 2.24. The zero-order valence-corrected chi connectivity index (χ0v) is 7.52. The summed E-state index contributed by atoms with van der Waals surface area (Å²) < 4.78 is 4.64. The van der Waals surface area contributed by atoms with Gasteiger partial charge in [-0.3, -0.25) is 0 Å². The number of hydrogen-bond donors (Lipinski definition) is 1. The van der Waals surface area contributed by atoms with Crippen LogP contribution >= 0.6 is 0 Å². The molecule has 5 heteroatoms. The molecule has 1 fully saturated rings. The molecule has 0 spiro atoms. The van der Waals surface area contributed by atoms with E-state index in [4.69, 9.17) is 5.11 Å². The first-order chi connectivity index (χ1) is 6.11. The van der Waals surface area contributed by atoms with E-state index in [2.05, 4.69) is 11.3 Å². The molecule has 1 saturated heterocycles. The first-order valence-electron chi connectivity index (χ1n) is 3.88.